The van der Waals surface area contributed by atoms with Crippen molar-refractivity contribution >= 4 is 17.4 Å². The maximum Gasteiger partial charge on any atom is 0.416 e. The monoisotopic (exact) mass is 591 g/mol. The molecule has 2 aromatic rings. The van der Waals surface area contributed by atoms with E-state index < -0.39 is 69.4 Å². The van der Waals surface area contributed by atoms with Crippen LogP contribution in [0.25, 0.3) is 0 Å². The molecule has 0 atom stereocenters. The van der Waals surface area contributed by atoms with E-state index in [0.29, 0.717) is 6.07 Å². The van der Waals surface area contributed by atoms with Gasteiger partial charge in [0.05, 0.1) is 22.4 Å². The molecule has 0 bridgehead atoms. The number of nitrogens with two attached hydrogens (primary N) is 1. The summed E-state index contributed by atoms with van der Waals surface area (Å²) in [4.78, 5) is 16.1. The molecule has 14 heteroatoms. The number of rotatable bonds is 4. The molecule has 2 rings (SSSR count). The van der Waals surface area contributed by atoms with Crippen molar-refractivity contribution in [2.45, 2.75) is 46.2 Å². The molecule has 0 fully saturated rings. The van der Waals surface area contributed by atoms with Gasteiger partial charge in [-0.2, -0.15) is 39.5 Å². The number of carbonyl (C=O) groups is 1. The molecule has 0 aliphatic rings. The van der Waals surface area contributed by atoms with Crippen molar-refractivity contribution in [1.29, 1.82) is 0 Å². The quantitative estimate of drug-likeness (QED) is 0.0952. The number of halogens is 9. The molecule has 0 heterocycles. The van der Waals surface area contributed by atoms with E-state index in [4.69, 9.17) is 5.73 Å². The van der Waals surface area contributed by atoms with Crippen LogP contribution >= 0.6 is 0 Å². The minimum atomic E-state index is -5.20. The van der Waals surface area contributed by atoms with Gasteiger partial charge in [-0.3, -0.25) is 4.79 Å². The number of hydrogen-bond acceptors (Lipinski definition) is 3. The first kappa shape index (κ1) is 34.0. The van der Waals surface area contributed by atoms with Crippen molar-refractivity contribution in [2.75, 3.05) is 0 Å². The molecule has 0 aromatic heterocycles. The van der Waals surface area contributed by atoms with Gasteiger partial charge < -0.3 is 10.8 Å². The van der Waals surface area contributed by atoms with E-state index in [0.717, 1.165) is 19.1 Å². The van der Waals surface area contributed by atoms with E-state index in [1.165, 1.54) is 6.92 Å². The SMILES string of the molecule is C/C(N)=C(\C(=O)c1cc(C)cc(C(F)(F)F)c1)C(O)=Nc1cc(C(F)(F)F)cc(C(F)(F)F)c1.CC.[Cu]. The van der Waals surface area contributed by atoms with E-state index in [-0.39, 0.29) is 40.8 Å². The van der Waals surface area contributed by atoms with Crippen LogP contribution in [0.2, 0.25) is 0 Å². The summed E-state index contributed by atoms with van der Waals surface area (Å²) in [5, 5.41) is 10.3. The number of aliphatic hydroxyl groups is 1. The predicted octanol–water partition coefficient (Wildman–Crippen LogP) is 7.78. The van der Waals surface area contributed by atoms with E-state index in [1.807, 2.05) is 13.8 Å². The molecule has 0 unspecified atom stereocenters. The third kappa shape index (κ3) is 9.12. The number of benzene rings is 2. The van der Waals surface area contributed by atoms with Crippen molar-refractivity contribution in [3.8, 4) is 0 Å². The Morgan fingerprint density at radius 1 is 0.784 bits per heavy atom. The smallest absolute Gasteiger partial charge is 0.416 e. The number of allylic oxidation sites excluding steroid dienone is 1. The fourth-order valence-corrected chi connectivity index (χ4v) is 2.86. The summed E-state index contributed by atoms with van der Waals surface area (Å²) in [5.41, 5.74) is -2.13. The molecule has 4 nitrogen and oxygen atoms in total. The normalized spacial score (nSPS) is 13.2. The third-order valence-corrected chi connectivity index (χ3v) is 4.32. The minimum Gasteiger partial charge on any atom is -0.493 e. The van der Waals surface area contributed by atoms with Crippen molar-refractivity contribution in [1.82, 2.24) is 0 Å². The van der Waals surface area contributed by atoms with Crippen molar-refractivity contribution in [3.05, 3.63) is 75.5 Å². The summed E-state index contributed by atoms with van der Waals surface area (Å²) in [6, 6.07) is 2.43. The van der Waals surface area contributed by atoms with Gasteiger partial charge in [-0.1, -0.05) is 13.8 Å². The molecular weight excluding hydrogens is 571 g/mol. The molecule has 0 saturated heterocycles. The van der Waals surface area contributed by atoms with Crippen LogP contribution < -0.4 is 5.73 Å². The molecule has 1 radical (unpaired) electrons. The third-order valence-electron chi connectivity index (χ3n) is 4.32. The maximum atomic E-state index is 13.1. The maximum absolute atomic E-state index is 13.1. The zero-order valence-electron chi connectivity index (χ0n) is 19.5. The second kappa shape index (κ2) is 12.5. The number of aliphatic hydroxyl groups excluding tert-OH is 1. The van der Waals surface area contributed by atoms with Crippen molar-refractivity contribution in [3.63, 3.8) is 0 Å². The summed E-state index contributed by atoms with van der Waals surface area (Å²) in [5.74, 6) is -2.66. The predicted molar refractivity (Wildman–Crippen MR) is 115 cm³/mol. The van der Waals surface area contributed by atoms with E-state index in [9.17, 15) is 49.4 Å². The molecule has 37 heavy (non-hydrogen) atoms. The number of aryl methyl sites for hydroxylation is 1. The molecule has 0 aliphatic carbocycles. The Kier molecular flexibility index (Phi) is 11.5. The number of alkyl halides is 9. The van der Waals surface area contributed by atoms with Crippen LogP contribution in [0.3, 0.4) is 0 Å². The first-order valence-corrected chi connectivity index (χ1v) is 10.1. The first-order chi connectivity index (χ1) is 16.3. The molecular formula is C23H21CuF9N2O2. The van der Waals surface area contributed by atoms with Crippen LogP contribution in [-0.2, 0) is 35.6 Å². The Morgan fingerprint density at radius 2 is 1.19 bits per heavy atom. The van der Waals surface area contributed by atoms with Gasteiger partial charge in [-0.05, 0) is 55.8 Å². The standard InChI is InChI=1S/C21H15F9N2O2.C2H6.Cu/c1-9-3-11(5-12(4-9)19(22,23)24)17(33)16(10(2)31)18(34)32-15-7-13(20(25,26)27)6-14(8-15)21(28,29)30;1-2;/h3-8H,31H2,1-2H3,(H,32,34);1-2H3;/b16-10-;;. The van der Waals surface area contributed by atoms with Crippen molar-refractivity contribution < 1.29 is 66.5 Å². The molecule has 0 aliphatic heterocycles. The fourth-order valence-electron chi connectivity index (χ4n) is 2.86. The average Bonchev–Trinajstić information content (AvgIpc) is 2.72. The number of ketones is 1. The summed E-state index contributed by atoms with van der Waals surface area (Å²) in [6.45, 7) is 6.28. The van der Waals surface area contributed by atoms with Crippen LogP contribution in [0.5, 0.6) is 0 Å². The summed E-state index contributed by atoms with van der Waals surface area (Å²) in [6.07, 6.45) is -15.2. The average molecular weight is 592 g/mol. The van der Waals surface area contributed by atoms with Gasteiger partial charge in [-0.15, -0.1) is 0 Å². The summed E-state index contributed by atoms with van der Waals surface area (Å²) >= 11 is 0. The van der Waals surface area contributed by atoms with Crippen LogP contribution in [0.1, 0.15) is 53.4 Å². The number of hydrogen-bond donors (Lipinski definition) is 2. The van der Waals surface area contributed by atoms with E-state index in [2.05, 4.69) is 4.99 Å². The molecule has 0 spiro atoms. The number of aliphatic imine (C=N–C) groups is 1. The van der Waals surface area contributed by atoms with Crippen LogP contribution in [0, 0.1) is 6.92 Å². The molecule has 2 aromatic carbocycles. The Hall–Kier alpha value is -2.99. The van der Waals surface area contributed by atoms with E-state index >= 15 is 0 Å². The zero-order valence-corrected chi connectivity index (χ0v) is 20.5. The number of Topliss-reactive ketones (excluding diaryl/α,β-unsaturated/α-hetero) is 1. The Bertz CT molecular complexity index is 1150. The van der Waals surface area contributed by atoms with Gasteiger partial charge in [0.2, 0.25) is 5.90 Å². The minimum absolute atomic E-state index is 0. The second-order valence-electron chi connectivity index (χ2n) is 7.17. The van der Waals surface area contributed by atoms with Gasteiger partial charge in [-0.25, -0.2) is 4.99 Å². The van der Waals surface area contributed by atoms with Crippen molar-refractivity contribution in [2.24, 2.45) is 10.7 Å². The topological polar surface area (TPSA) is 75.7 Å². The first-order valence-electron chi connectivity index (χ1n) is 10.1. The Labute approximate surface area is 216 Å². The van der Waals surface area contributed by atoms with Crippen LogP contribution in [-0.4, -0.2) is 16.8 Å². The largest absolute Gasteiger partial charge is 0.493 e. The molecule has 0 amide bonds. The zero-order chi connectivity index (χ0) is 28.2. The van der Waals surface area contributed by atoms with Gasteiger partial charge in [0.15, 0.2) is 5.78 Å². The van der Waals surface area contributed by atoms with Gasteiger partial charge >= 0.3 is 18.5 Å². The summed E-state index contributed by atoms with van der Waals surface area (Å²) in [7, 11) is 0. The van der Waals surface area contributed by atoms with Gasteiger partial charge in [0.25, 0.3) is 0 Å². The molecule has 3 N–H and O–H groups in total. The number of nitrogens with zero attached hydrogens (tertiary/aromatic N) is 1. The summed E-state index contributed by atoms with van der Waals surface area (Å²) < 4.78 is 117. The molecule has 0 saturated carbocycles. The van der Waals surface area contributed by atoms with Gasteiger partial charge in [0, 0.05) is 28.3 Å². The Balaban J connectivity index is 0.00000421. The number of carbonyl (C=O) groups excluding carboxylic acids is 1. The molecule has 209 valence electrons. The fraction of sp³-hybridized carbons (Fsp3) is 0.304. The van der Waals surface area contributed by atoms with Crippen LogP contribution in [0.4, 0.5) is 45.2 Å². The van der Waals surface area contributed by atoms with E-state index in [1.54, 1.807) is 0 Å². The van der Waals surface area contributed by atoms with Gasteiger partial charge in [0.1, 0.15) is 5.57 Å². The van der Waals surface area contributed by atoms with Crippen LogP contribution in [0.15, 0.2) is 52.7 Å². The Morgan fingerprint density at radius 3 is 1.57 bits per heavy atom. The second-order valence-corrected chi connectivity index (χ2v) is 7.17.